The van der Waals surface area contributed by atoms with Gasteiger partial charge >= 0.3 is 0 Å². The van der Waals surface area contributed by atoms with Gasteiger partial charge in [-0.2, -0.15) is 0 Å². The standard InChI is InChI=1S/C11H15BrN2O/c12-9-11(15)14-7-3-10(4-8-14)13-5-1-2-6-13/h1-2,5-6,10H,3-4,7-9H2. The molecule has 1 fully saturated rings. The lowest BCUT2D eigenvalue weighted by Gasteiger charge is -2.32. The summed E-state index contributed by atoms with van der Waals surface area (Å²) >= 11 is 3.21. The molecule has 1 amide bonds. The lowest BCUT2D eigenvalue weighted by Crippen LogP contribution is -2.39. The average molecular weight is 271 g/mol. The van der Waals surface area contributed by atoms with E-state index in [0.29, 0.717) is 11.4 Å². The Morgan fingerprint density at radius 2 is 1.87 bits per heavy atom. The molecular formula is C11H15BrN2O. The number of hydrogen-bond donors (Lipinski definition) is 0. The first kappa shape index (κ1) is 10.7. The molecule has 0 radical (unpaired) electrons. The van der Waals surface area contributed by atoms with E-state index in [-0.39, 0.29) is 5.91 Å². The Hall–Kier alpha value is -0.770. The van der Waals surface area contributed by atoms with Crippen molar-refractivity contribution >= 4 is 21.8 Å². The van der Waals surface area contributed by atoms with E-state index in [1.807, 2.05) is 4.90 Å². The molecular weight excluding hydrogens is 256 g/mol. The van der Waals surface area contributed by atoms with Crippen LogP contribution in [0.15, 0.2) is 24.5 Å². The van der Waals surface area contributed by atoms with E-state index in [1.165, 1.54) is 0 Å². The van der Waals surface area contributed by atoms with Gasteiger partial charge < -0.3 is 9.47 Å². The quantitative estimate of drug-likeness (QED) is 0.756. The molecule has 0 atom stereocenters. The zero-order chi connectivity index (χ0) is 10.7. The maximum Gasteiger partial charge on any atom is 0.233 e. The van der Waals surface area contributed by atoms with Crippen LogP contribution in [0, 0.1) is 0 Å². The summed E-state index contributed by atoms with van der Waals surface area (Å²) in [6.45, 7) is 1.76. The molecule has 1 aromatic rings. The van der Waals surface area contributed by atoms with Gasteiger partial charge in [0, 0.05) is 31.5 Å². The highest BCUT2D eigenvalue weighted by molar-refractivity contribution is 9.09. The van der Waals surface area contributed by atoms with Crippen LogP contribution in [0.5, 0.6) is 0 Å². The van der Waals surface area contributed by atoms with Crippen molar-refractivity contribution in [3.05, 3.63) is 24.5 Å². The summed E-state index contributed by atoms with van der Waals surface area (Å²) in [5, 5.41) is 0.446. The number of halogens is 1. The SMILES string of the molecule is O=C(CBr)N1CCC(n2cccc2)CC1. The van der Waals surface area contributed by atoms with Crippen molar-refractivity contribution in [2.75, 3.05) is 18.4 Å². The summed E-state index contributed by atoms with van der Waals surface area (Å²) in [6.07, 6.45) is 6.33. The number of nitrogens with zero attached hydrogens (tertiary/aromatic N) is 2. The number of piperidine rings is 1. The van der Waals surface area contributed by atoms with Crippen molar-refractivity contribution < 1.29 is 4.79 Å². The van der Waals surface area contributed by atoms with Crippen LogP contribution in [0.3, 0.4) is 0 Å². The molecule has 1 saturated heterocycles. The molecule has 1 aromatic heterocycles. The lowest BCUT2D eigenvalue weighted by molar-refractivity contribution is -0.129. The van der Waals surface area contributed by atoms with Gasteiger partial charge in [-0.3, -0.25) is 4.79 Å². The topological polar surface area (TPSA) is 25.2 Å². The monoisotopic (exact) mass is 270 g/mol. The van der Waals surface area contributed by atoms with Crippen LogP contribution in [-0.4, -0.2) is 33.8 Å². The van der Waals surface area contributed by atoms with Gasteiger partial charge in [0.15, 0.2) is 0 Å². The van der Waals surface area contributed by atoms with Crippen molar-refractivity contribution in [3.8, 4) is 0 Å². The second-order valence-electron chi connectivity index (χ2n) is 3.88. The van der Waals surface area contributed by atoms with Gasteiger partial charge in [-0.05, 0) is 25.0 Å². The van der Waals surface area contributed by atoms with Gasteiger partial charge in [0.25, 0.3) is 0 Å². The number of carbonyl (C=O) groups is 1. The number of likely N-dealkylation sites (tertiary alicyclic amines) is 1. The smallest absolute Gasteiger partial charge is 0.233 e. The average Bonchev–Trinajstić information content (AvgIpc) is 2.82. The van der Waals surface area contributed by atoms with E-state index in [0.717, 1.165) is 25.9 Å². The highest BCUT2D eigenvalue weighted by atomic mass is 79.9. The number of aromatic nitrogens is 1. The molecule has 1 aliphatic heterocycles. The molecule has 15 heavy (non-hydrogen) atoms. The fraction of sp³-hybridized carbons (Fsp3) is 0.545. The third-order valence-corrected chi connectivity index (χ3v) is 3.46. The molecule has 0 unspecified atom stereocenters. The Balaban J connectivity index is 1.90. The van der Waals surface area contributed by atoms with Gasteiger partial charge in [-0.1, -0.05) is 15.9 Å². The lowest BCUT2D eigenvalue weighted by atomic mass is 10.1. The van der Waals surface area contributed by atoms with Gasteiger partial charge in [-0.15, -0.1) is 0 Å². The molecule has 2 rings (SSSR count). The molecule has 3 nitrogen and oxygen atoms in total. The first-order valence-corrected chi connectivity index (χ1v) is 6.39. The molecule has 0 N–H and O–H groups in total. The molecule has 0 bridgehead atoms. The van der Waals surface area contributed by atoms with Crippen molar-refractivity contribution in [2.24, 2.45) is 0 Å². The van der Waals surface area contributed by atoms with Gasteiger partial charge in [0.2, 0.25) is 5.91 Å². The Morgan fingerprint density at radius 3 is 2.40 bits per heavy atom. The van der Waals surface area contributed by atoms with E-state index in [9.17, 15) is 4.79 Å². The molecule has 0 aliphatic carbocycles. The first-order chi connectivity index (χ1) is 7.31. The van der Waals surface area contributed by atoms with Crippen LogP contribution < -0.4 is 0 Å². The van der Waals surface area contributed by atoms with E-state index >= 15 is 0 Å². The van der Waals surface area contributed by atoms with E-state index in [1.54, 1.807) is 0 Å². The van der Waals surface area contributed by atoms with Crippen LogP contribution in [0.1, 0.15) is 18.9 Å². The van der Waals surface area contributed by atoms with Crippen LogP contribution in [-0.2, 0) is 4.79 Å². The summed E-state index contributed by atoms with van der Waals surface area (Å²) in [7, 11) is 0. The molecule has 4 heteroatoms. The molecule has 0 saturated carbocycles. The number of alkyl halides is 1. The van der Waals surface area contributed by atoms with Crippen molar-refractivity contribution in [3.63, 3.8) is 0 Å². The first-order valence-electron chi connectivity index (χ1n) is 5.27. The number of amides is 1. The molecule has 0 aromatic carbocycles. The van der Waals surface area contributed by atoms with Gasteiger partial charge in [-0.25, -0.2) is 0 Å². The predicted octanol–water partition coefficient (Wildman–Crippen LogP) is 2.05. The van der Waals surface area contributed by atoms with Crippen molar-refractivity contribution in [2.45, 2.75) is 18.9 Å². The van der Waals surface area contributed by atoms with Crippen LogP contribution in [0.4, 0.5) is 0 Å². The minimum absolute atomic E-state index is 0.209. The summed E-state index contributed by atoms with van der Waals surface area (Å²) in [4.78, 5) is 13.4. The number of carbonyl (C=O) groups excluding carboxylic acids is 1. The van der Waals surface area contributed by atoms with Crippen molar-refractivity contribution in [1.82, 2.24) is 9.47 Å². The maximum absolute atomic E-state index is 11.4. The van der Waals surface area contributed by atoms with Crippen molar-refractivity contribution in [1.29, 1.82) is 0 Å². The fourth-order valence-electron chi connectivity index (χ4n) is 2.09. The fourth-order valence-corrected chi connectivity index (χ4v) is 2.44. The Labute approximate surface area is 98.2 Å². The number of hydrogen-bond acceptors (Lipinski definition) is 1. The summed E-state index contributed by atoms with van der Waals surface area (Å²) in [5.74, 6) is 0.209. The largest absolute Gasteiger partial charge is 0.351 e. The third kappa shape index (κ3) is 2.43. The van der Waals surface area contributed by atoms with Gasteiger partial charge in [0.1, 0.15) is 0 Å². The predicted molar refractivity (Wildman–Crippen MR) is 63.1 cm³/mol. The van der Waals surface area contributed by atoms with E-state index in [4.69, 9.17) is 0 Å². The highest BCUT2D eigenvalue weighted by Gasteiger charge is 2.22. The Morgan fingerprint density at radius 1 is 1.27 bits per heavy atom. The Bertz CT molecular complexity index is 315. The summed E-state index contributed by atoms with van der Waals surface area (Å²) in [6, 6.07) is 4.67. The minimum Gasteiger partial charge on any atom is -0.351 e. The van der Waals surface area contributed by atoms with Crippen LogP contribution >= 0.6 is 15.9 Å². The molecule has 0 spiro atoms. The minimum atomic E-state index is 0.209. The number of rotatable bonds is 2. The molecule has 1 aliphatic rings. The summed E-state index contributed by atoms with van der Waals surface area (Å²) < 4.78 is 2.25. The summed E-state index contributed by atoms with van der Waals surface area (Å²) in [5.41, 5.74) is 0. The molecule has 82 valence electrons. The van der Waals surface area contributed by atoms with Gasteiger partial charge in [0.05, 0.1) is 5.33 Å². The van der Waals surface area contributed by atoms with E-state index in [2.05, 4.69) is 45.0 Å². The second-order valence-corrected chi connectivity index (χ2v) is 4.44. The Kier molecular flexibility index (Phi) is 3.46. The zero-order valence-electron chi connectivity index (χ0n) is 8.60. The van der Waals surface area contributed by atoms with Crippen LogP contribution in [0.25, 0.3) is 0 Å². The van der Waals surface area contributed by atoms with E-state index < -0.39 is 0 Å². The third-order valence-electron chi connectivity index (χ3n) is 2.98. The normalized spacial score (nSPS) is 18.1. The maximum atomic E-state index is 11.4. The molecule has 2 heterocycles. The second kappa shape index (κ2) is 4.84. The zero-order valence-corrected chi connectivity index (χ0v) is 10.2. The highest BCUT2D eigenvalue weighted by Crippen LogP contribution is 2.22. The van der Waals surface area contributed by atoms with Crippen LogP contribution in [0.2, 0.25) is 0 Å².